The molecule has 0 spiro atoms. The van der Waals surface area contributed by atoms with Crippen molar-refractivity contribution in [2.24, 2.45) is 5.73 Å². The van der Waals surface area contributed by atoms with Gasteiger partial charge in [-0.3, -0.25) is 0 Å². The van der Waals surface area contributed by atoms with Crippen LogP contribution in [0.15, 0.2) is 6.07 Å². The zero-order chi connectivity index (χ0) is 12.6. The Hall–Kier alpha value is -1.00. The lowest BCUT2D eigenvalue weighted by molar-refractivity contribution is 0.346. The van der Waals surface area contributed by atoms with Gasteiger partial charge in [0.15, 0.2) is 11.5 Å². The third kappa shape index (κ3) is 2.33. The highest BCUT2D eigenvalue weighted by atomic mass is 35.5. The van der Waals surface area contributed by atoms with Gasteiger partial charge in [0.05, 0.1) is 19.2 Å². The summed E-state index contributed by atoms with van der Waals surface area (Å²) in [6, 6.07) is 1.41. The van der Waals surface area contributed by atoms with Crippen molar-refractivity contribution in [2.45, 2.75) is 24.8 Å². The molecule has 5 heteroatoms. The van der Waals surface area contributed by atoms with Crippen molar-refractivity contribution < 1.29 is 13.9 Å². The predicted octanol–water partition coefficient (Wildman–Crippen LogP) is 2.53. The second-order valence-corrected chi connectivity index (χ2v) is 4.83. The summed E-state index contributed by atoms with van der Waals surface area (Å²) in [5.74, 6) is 0.338. The van der Waals surface area contributed by atoms with E-state index in [1.54, 1.807) is 0 Å². The molecule has 3 nitrogen and oxygen atoms in total. The predicted molar refractivity (Wildman–Crippen MR) is 64.4 cm³/mol. The Balaban J connectivity index is 2.48. The van der Waals surface area contributed by atoms with Gasteiger partial charge in [-0.1, -0.05) is 11.6 Å². The number of nitrogens with two attached hydrogens (primary N) is 1. The normalized spacial score (nSPS) is 16.8. The van der Waals surface area contributed by atoms with Gasteiger partial charge in [-0.05, 0) is 19.3 Å². The summed E-state index contributed by atoms with van der Waals surface area (Å²) in [4.78, 5) is 0. The van der Waals surface area contributed by atoms with E-state index in [2.05, 4.69) is 0 Å². The molecule has 17 heavy (non-hydrogen) atoms. The summed E-state index contributed by atoms with van der Waals surface area (Å²) in [6.45, 7) is 0. The van der Waals surface area contributed by atoms with Gasteiger partial charge in [0.25, 0.3) is 0 Å². The minimum absolute atomic E-state index is 0.0295. The molecule has 1 aromatic carbocycles. The maximum absolute atomic E-state index is 14.0. The first-order valence-corrected chi connectivity index (χ1v) is 5.76. The topological polar surface area (TPSA) is 44.5 Å². The van der Waals surface area contributed by atoms with Gasteiger partial charge < -0.3 is 15.2 Å². The van der Waals surface area contributed by atoms with Crippen molar-refractivity contribution in [1.29, 1.82) is 0 Å². The molecule has 0 bridgehead atoms. The SMILES string of the molecule is COc1cc(Cl)c(F)c(CC2(N)CC2)c1OC. The van der Waals surface area contributed by atoms with Gasteiger partial charge in [0.1, 0.15) is 5.82 Å². The Labute approximate surface area is 105 Å². The van der Waals surface area contributed by atoms with Crippen LogP contribution in [0.1, 0.15) is 18.4 Å². The second kappa shape index (κ2) is 4.35. The van der Waals surface area contributed by atoms with E-state index in [1.807, 2.05) is 0 Å². The zero-order valence-electron chi connectivity index (χ0n) is 9.85. The van der Waals surface area contributed by atoms with Crippen LogP contribution in [0.25, 0.3) is 0 Å². The van der Waals surface area contributed by atoms with Crippen molar-refractivity contribution in [3.63, 3.8) is 0 Å². The van der Waals surface area contributed by atoms with Crippen molar-refractivity contribution in [1.82, 2.24) is 0 Å². The molecule has 0 amide bonds. The van der Waals surface area contributed by atoms with Crippen LogP contribution in [0.5, 0.6) is 11.5 Å². The first kappa shape index (κ1) is 12.5. The van der Waals surface area contributed by atoms with Crippen LogP contribution in [0.2, 0.25) is 5.02 Å². The monoisotopic (exact) mass is 259 g/mol. The molecule has 1 fully saturated rings. The molecule has 0 atom stereocenters. The summed E-state index contributed by atoms with van der Waals surface area (Å²) in [5, 5.41) is 0.0295. The van der Waals surface area contributed by atoms with Gasteiger partial charge in [-0.15, -0.1) is 0 Å². The van der Waals surface area contributed by atoms with Crippen molar-refractivity contribution in [3.8, 4) is 11.5 Å². The van der Waals surface area contributed by atoms with E-state index in [-0.39, 0.29) is 10.6 Å². The zero-order valence-corrected chi connectivity index (χ0v) is 10.6. The fourth-order valence-electron chi connectivity index (χ4n) is 1.86. The van der Waals surface area contributed by atoms with Crippen molar-refractivity contribution in [2.75, 3.05) is 14.2 Å². The Bertz CT molecular complexity index is 447. The van der Waals surface area contributed by atoms with Crippen molar-refractivity contribution >= 4 is 11.6 Å². The standard InChI is InChI=1S/C12H15ClFNO2/c1-16-9-5-8(13)10(14)7(11(9)17-2)6-12(15)3-4-12/h5H,3-4,6,15H2,1-2H3. The maximum atomic E-state index is 14.0. The lowest BCUT2D eigenvalue weighted by atomic mass is 10.0. The van der Waals surface area contributed by atoms with Crippen LogP contribution in [-0.4, -0.2) is 19.8 Å². The van der Waals surface area contributed by atoms with Crippen LogP contribution in [0.4, 0.5) is 4.39 Å². The van der Waals surface area contributed by atoms with Gasteiger partial charge in [0.2, 0.25) is 0 Å². The van der Waals surface area contributed by atoms with Gasteiger partial charge in [-0.2, -0.15) is 0 Å². The third-order valence-corrected chi connectivity index (χ3v) is 3.35. The summed E-state index contributed by atoms with van der Waals surface area (Å²) in [7, 11) is 2.97. The van der Waals surface area contributed by atoms with E-state index in [1.165, 1.54) is 20.3 Å². The molecule has 1 aliphatic carbocycles. The van der Waals surface area contributed by atoms with E-state index in [4.69, 9.17) is 26.8 Å². The minimum atomic E-state index is -0.471. The molecule has 1 aromatic rings. The average molecular weight is 260 g/mol. The first-order valence-electron chi connectivity index (χ1n) is 5.38. The quantitative estimate of drug-likeness (QED) is 0.904. The van der Waals surface area contributed by atoms with Crippen LogP contribution < -0.4 is 15.2 Å². The summed E-state index contributed by atoms with van der Waals surface area (Å²) < 4.78 is 24.3. The highest BCUT2D eigenvalue weighted by Crippen LogP contribution is 2.43. The van der Waals surface area contributed by atoms with Crippen LogP contribution in [0.3, 0.4) is 0 Å². The molecule has 1 aliphatic rings. The van der Waals surface area contributed by atoms with Gasteiger partial charge in [-0.25, -0.2) is 4.39 Å². The Morgan fingerprint density at radius 2 is 2.06 bits per heavy atom. The lowest BCUT2D eigenvalue weighted by Gasteiger charge is -2.17. The molecular formula is C12H15ClFNO2. The summed E-state index contributed by atoms with van der Waals surface area (Å²) in [5.41, 5.74) is 6.09. The van der Waals surface area contributed by atoms with E-state index in [9.17, 15) is 4.39 Å². The van der Waals surface area contributed by atoms with E-state index < -0.39 is 5.82 Å². The van der Waals surface area contributed by atoms with Gasteiger partial charge >= 0.3 is 0 Å². The summed E-state index contributed by atoms with van der Waals surface area (Å²) in [6.07, 6.45) is 2.20. The van der Waals surface area contributed by atoms with Crippen LogP contribution in [-0.2, 0) is 6.42 Å². The molecule has 2 rings (SSSR count). The summed E-state index contributed by atoms with van der Waals surface area (Å²) >= 11 is 5.82. The third-order valence-electron chi connectivity index (χ3n) is 3.08. The Morgan fingerprint density at radius 3 is 2.53 bits per heavy atom. The number of benzene rings is 1. The second-order valence-electron chi connectivity index (χ2n) is 4.43. The van der Waals surface area contributed by atoms with E-state index in [0.29, 0.717) is 23.5 Å². The highest BCUT2D eigenvalue weighted by molar-refractivity contribution is 6.31. The number of rotatable bonds is 4. The van der Waals surface area contributed by atoms with E-state index in [0.717, 1.165) is 12.8 Å². The molecule has 0 radical (unpaired) electrons. The number of ether oxygens (including phenoxy) is 2. The smallest absolute Gasteiger partial charge is 0.167 e. The molecule has 0 aromatic heterocycles. The molecule has 1 saturated carbocycles. The molecule has 94 valence electrons. The lowest BCUT2D eigenvalue weighted by Crippen LogP contribution is -2.25. The average Bonchev–Trinajstić information content (AvgIpc) is 3.02. The Kier molecular flexibility index (Phi) is 3.19. The number of hydrogen-bond donors (Lipinski definition) is 1. The molecule has 0 heterocycles. The van der Waals surface area contributed by atoms with Crippen molar-refractivity contribution in [3.05, 3.63) is 22.5 Å². The number of hydrogen-bond acceptors (Lipinski definition) is 3. The largest absolute Gasteiger partial charge is 0.493 e. The maximum Gasteiger partial charge on any atom is 0.167 e. The minimum Gasteiger partial charge on any atom is -0.493 e. The molecule has 0 unspecified atom stereocenters. The molecule has 0 saturated heterocycles. The van der Waals surface area contributed by atoms with Crippen LogP contribution >= 0.6 is 11.6 Å². The highest BCUT2D eigenvalue weighted by Gasteiger charge is 2.40. The molecule has 0 aliphatic heterocycles. The fourth-order valence-corrected chi connectivity index (χ4v) is 2.07. The molecule has 2 N–H and O–H groups in total. The van der Waals surface area contributed by atoms with E-state index >= 15 is 0 Å². The first-order chi connectivity index (χ1) is 8.00. The Morgan fingerprint density at radius 1 is 1.41 bits per heavy atom. The number of methoxy groups -OCH3 is 2. The fraction of sp³-hybridized carbons (Fsp3) is 0.500. The van der Waals surface area contributed by atoms with Crippen LogP contribution in [0, 0.1) is 5.82 Å². The van der Waals surface area contributed by atoms with Gasteiger partial charge in [0, 0.05) is 17.2 Å². The number of halogens is 2. The molecular weight excluding hydrogens is 245 g/mol.